The Hall–Kier alpha value is -2.62. The number of aryl methyl sites for hydroxylation is 1. The Morgan fingerprint density at radius 2 is 1.48 bits per heavy atom. The van der Waals surface area contributed by atoms with E-state index in [0.717, 1.165) is 18.4 Å². The van der Waals surface area contributed by atoms with Crippen LogP contribution in [0.25, 0.3) is 21.8 Å². The van der Waals surface area contributed by atoms with Gasteiger partial charge >= 0.3 is 0 Å². The first-order valence-corrected chi connectivity index (χ1v) is 9.75. The van der Waals surface area contributed by atoms with Crippen LogP contribution in [-0.2, 0) is 19.9 Å². The predicted octanol–water partition coefficient (Wildman–Crippen LogP) is 5.53. The van der Waals surface area contributed by atoms with Gasteiger partial charge in [0.1, 0.15) is 0 Å². The Morgan fingerprint density at radius 1 is 0.852 bits per heavy atom. The molecule has 0 radical (unpaired) electrons. The Labute approximate surface area is 161 Å². The van der Waals surface area contributed by atoms with Gasteiger partial charge < -0.3 is 0 Å². The van der Waals surface area contributed by atoms with Gasteiger partial charge in [0.15, 0.2) is 0 Å². The molecule has 0 saturated carbocycles. The van der Waals surface area contributed by atoms with Crippen molar-refractivity contribution in [3.05, 3.63) is 59.9 Å². The number of benzene rings is 2. The van der Waals surface area contributed by atoms with Crippen LogP contribution in [-0.4, -0.2) is 20.0 Å². The lowest BCUT2D eigenvalue weighted by molar-refractivity contribution is 0.647. The molecule has 0 fully saturated rings. The van der Waals surface area contributed by atoms with Crippen molar-refractivity contribution in [2.75, 3.05) is 0 Å². The SMILES string of the molecule is CC(C)Cc1ccc2[nH]ncc2c1.CC(C)Cc1ccc2c(cnn2C)c1. The van der Waals surface area contributed by atoms with Gasteiger partial charge in [0.25, 0.3) is 0 Å². The normalized spacial score (nSPS) is 11.4. The second-order valence-corrected chi connectivity index (χ2v) is 8.15. The second kappa shape index (κ2) is 8.38. The Bertz CT molecular complexity index is 1010. The van der Waals surface area contributed by atoms with E-state index in [9.17, 15) is 0 Å². The summed E-state index contributed by atoms with van der Waals surface area (Å²) in [5, 5.41) is 13.6. The van der Waals surface area contributed by atoms with Gasteiger partial charge in [-0.15, -0.1) is 0 Å². The highest BCUT2D eigenvalue weighted by molar-refractivity contribution is 5.79. The van der Waals surface area contributed by atoms with Crippen LogP contribution in [0.15, 0.2) is 48.8 Å². The molecule has 0 amide bonds. The molecule has 4 heteroatoms. The number of nitrogens with zero attached hydrogens (tertiary/aromatic N) is 3. The van der Waals surface area contributed by atoms with Crippen LogP contribution in [0.1, 0.15) is 38.8 Å². The molecule has 0 bridgehead atoms. The predicted molar refractivity (Wildman–Crippen MR) is 114 cm³/mol. The Morgan fingerprint density at radius 3 is 2.15 bits per heavy atom. The Kier molecular flexibility index (Phi) is 5.94. The van der Waals surface area contributed by atoms with E-state index in [1.807, 2.05) is 24.1 Å². The molecular formula is C23H30N4. The maximum atomic E-state index is 4.23. The van der Waals surface area contributed by atoms with Crippen molar-refractivity contribution in [1.29, 1.82) is 0 Å². The molecular weight excluding hydrogens is 332 g/mol. The minimum Gasteiger partial charge on any atom is -0.278 e. The summed E-state index contributed by atoms with van der Waals surface area (Å²) >= 11 is 0. The molecule has 0 unspecified atom stereocenters. The molecule has 4 aromatic rings. The van der Waals surface area contributed by atoms with Gasteiger partial charge in [-0.1, -0.05) is 39.8 Å². The summed E-state index contributed by atoms with van der Waals surface area (Å²) in [6, 6.07) is 13.1. The van der Waals surface area contributed by atoms with Crippen LogP contribution >= 0.6 is 0 Å². The summed E-state index contributed by atoms with van der Waals surface area (Å²) in [5.74, 6) is 1.42. The zero-order chi connectivity index (χ0) is 19.4. The molecule has 142 valence electrons. The van der Waals surface area contributed by atoms with Crippen LogP contribution in [0, 0.1) is 11.8 Å². The van der Waals surface area contributed by atoms with Crippen molar-refractivity contribution in [1.82, 2.24) is 20.0 Å². The molecule has 2 aromatic heterocycles. The molecule has 4 nitrogen and oxygen atoms in total. The molecule has 0 spiro atoms. The van der Waals surface area contributed by atoms with E-state index < -0.39 is 0 Å². The van der Waals surface area contributed by atoms with Crippen molar-refractivity contribution in [3.63, 3.8) is 0 Å². The van der Waals surface area contributed by atoms with Crippen molar-refractivity contribution in [2.24, 2.45) is 18.9 Å². The lowest BCUT2D eigenvalue weighted by Gasteiger charge is -2.04. The van der Waals surface area contributed by atoms with Crippen LogP contribution in [0.5, 0.6) is 0 Å². The van der Waals surface area contributed by atoms with Gasteiger partial charge in [0.05, 0.1) is 23.4 Å². The van der Waals surface area contributed by atoms with E-state index in [1.54, 1.807) is 0 Å². The van der Waals surface area contributed by atoms with E-state index >= 15 is 0 Å². The standard InChI is InChI=1S/C12H16N2.C11H14N2/c1-9(2)6-10-4-5-12-11(7-10)8-13-14(12)3;1-8(2)5-9-3-4-11-10(6-9)7-12-13-11/h4-5,7-9H,6H2,1-3H3;3-4,6-8H,5H2,1-2H3,(H,12,13). The maximum Gasteiger partial charge on any atom is 0.0679 e. The van der Waals surface area contributed by atoms with Gasteiger partial charge in [-0.2, -0.15) is 10.2 Å². The highest BCUT2D eigenvalue weighted by atomic mass is 15.2. The van der Waals surface area contributed by atoms with E-state index in [0.29, 0.717) is 11.8 Å². The number of fused-ring (bicyclic) bond motifs is 2. The molecule has 27 heavy (non-hydrogen) atoms. The Balaban J connectivity index is 0.000000156. The first-order chi connectivity index (χ1) is 12.9. The average Bonchev–Trinajstić information content (AvgIpc) is 3.21. The van der Waals surface area contributed by atoms with Gasteiger partial charge in [0.2, 0.25) is 0 Å². The summed E-state index contributed by atoms with van der Waals surface area (Å²) in [5.41, 5.74) is 5.12. The molecule has 0 saturated heterocycles. The monoisotopic (exact) mass is 362 g/mol. The van der Waals surface area contributed by atoms with Crippen molar-refractivity contribution in [2.45, 2.75) is 40.5 Å². The fourth-order valence-electron chi connectivity index (χ4n) is 3.40. The summed E-state index contributed by atoms with van der Waals surface area (Å²) in [6.45, 7) is 8.96. The van der Waals surface area contributed by atoms with Gasteiger partial charge in [-0.3, -0.25) is 9.78 Å². The molecule has 0 aliphatic heterocycles. The zero-order valence-electron chi connectivity index (χ0n) is 17.0. The number of aromatic nitrogens is 4. The maximum absolute atomic E-state index is 4.23. The smallest absolute Gasteiger partial charge is 0.0679 e. The highest BCUT2D eigenvalue weighted by Crippen LogP contribution is 2.17. The molecule has 0 aliphatic carbocycles. The first-order valence-electron chi connectivity index (χ1n) is 9.75. The number of rotatable bonds is 4. The number of hydrogen-bond acceptors (Lipinski definition) is 2. The van der Waals surface area contributed by atoms with Crippen molar-refractivity contribution >= 4 is 21.8 Å². The third-order valence-corrected chi connectivity index (χ3v) is 4.60. The third-order valence-electron chi connectivity index (χ3n) is 4.60. The lowest BCUT2D eigenvalue weighted by Crippen LogP contribution is -1.94. The molecule has 2 aromatic carbocycles. The van der Waals surface area contributed by atoms with Crippen molar-refractivity contribution in [3.8, 4) is 0 Å². The quantitative estimate of drug-likeness (QED) is 0.518. The summed E-state index contributed by atoms with van der Waals surface area (Å²) in [7, 11) is 1.98. The fraction of sp³-hybridized carbons (Fsp3) is 0.391. The van der Waals surface area contributed by atoms with E-state index in [-0.39, 0.29) is 0 Å². The van der Waals surface area contributed by atoms with Crippen LogP contribution < -0.4 is 0 Å². The second-order valence-electron chi connectivity index (χ2n) is 8.15. The average molecular weight is 363 g/mol. The topological polar surface area (TPSA) is 46.5 Å². The molecule has 0 aliphatic rings. The minimum atomic E-state index is 0.712. The van der Waals surface area contributed by atoms with E-state index in [4.69, 9.17) is 0 Å². The zero-order valence-corrected chi connectivity index (χ0v) is 17.0. The lowest BCUT2D eigenvalue weighted by atomic mass is 10.0. The fourth-order valence-corrected chi connectivity index (χ4v) is 3.40. The number of H-pyrrole nitrogens is 1. The number of nitrogens with one attached hydrogen (secondary N) is 1. The minimum absolute atomic E-state index is 0.712. The van der Waals surface area contributed by atoms with Crippen LogP contribution in [0.2, 0.25) is 0 Å². The van der Waals surface area contributed by atoms with Gasteiger partial charge in [-0.05, 0) is 60.1 Å². The largest absolute Gasteiger partial charge is 0.278 e. The van der Waals surface area contributed by atoms with E-state index in [2.05, 4.69) is 79.4 Å². The molecule has 2 heterocycles. The summed E-state index contributed by atoms with van der Waals surface area (Å²) < 4.78 is 1.91. The van der Waals surface area contributed by atoms with Crippen LogP contribution in [0.3, 0.4) is 0 Å². The molecule has 4 rings (SSSR count). The summed E-state index contributed by atoms with van der Waals surface area (Å²) in [6.07, 6.45) is 6.09. The van der Waals surface area contributed by atoms with Gasteiger partial charge in [0, 0.05) is 17.8 Å². The third kappa shape index (κ3) is 4.97. The van der Waals surface area contributed by atoms with Crippen LogP contribution in [0.4, 0.5) is 0 Å². The summed E-state index contributed by atoms with van der Waals surface area (Å²) in [4.78, 5) is 0. The molecule has 1 N–H and O–H groups in total. The van der Waals surface area contributed by atoms with E-state index in [1.165, 1.54) is 27.4 Å². The number of hydrogen-bond donors (Lipinski definition) is 1. The highest BCUT2D eigenvalue weighted by Gasteiger charge is 2.02. The molecule has 0 atom stereocenters. The number of aromatic amines is 1. The van der Waals surface area contributed by atoms with Crippen molar-refractivity contribution < 1.29 is 0 Å². The first kappa shape index (κ1) is 19.2. The van der Waals surface area contributed by atoms with Gasteiger partial charge in [-0.25, -0.2) is 0 Å².